The maximum absolute atomic E-state index is 9.24. The number of hydrogen-bond donors (Lipinski definition) is 1. The zero-order valence-electron chi connectivity index (χ0n) is 12.2. The molecule has 104 valence electrons. The van der Waals surface area contributed by atoms with Crippen LogP contribution in [0.25, 0.3) is 0 Å². The molecule has 0 amide bonds. The minimum atomic E-state index is 0.746. The van der Waals surface area contributed by atoms with E-state index in [2.05, 4.69) is 13.8 Å². The van der Waals surface area contributed by atoms with Crippen LogP contribution in [-0.2, 0) is 0 Å². The summed E-state index contributed by atoms with van der Waals surface area (Å²) in [5, 5.41) is 10.6. The third kappa shape index (κ3) is 13.9. The molecule has 0 saturated carbocycles. The molecule has 0 rings (SSSR count). The van der Waals surface area contributed by atoms with Gasteiger partial charge in [0.25, 0.3) is 0 Å². The Hall–Kier alpha value is -0.0800. The van der Waals surface area contributed by atoms with E-state index in [0.29, 0.717) is 0 Å². The van der Waals surface area contributed by atoms with Gasteiger partial charge in [-0.05, 0) is 12.3 Å². The van der Waals surface area contributed by atoms with Gasteiger partial charge >= 0.3 is 0 Å². The molecule has 2 heteroatoms. The molecule has 2 nitrogen and oxygen atoms in total. The van der Waals surface area contributed by atoms with Crippen molar-refractivity contribution in [3.8, 4) is 0 Å². The molecule has 0 unspecified atom stereocenters. The first kappa shape index (κ1) is 16.9. The average Bonchev–Trinajstić information content (AvgIpc) is 2.30. The van der Waals surface area contributed by atoms with Crippen LogP contribution in [0, 0.1) is 5.92 Å². The lowest BCUT2D eigenvalue weighted by molar-refractivity contribution is -0.0869. The van der Waals surface area contributed by atoms with Crippen molar-refractivity contribution in [1.29, 1.82) is 0 Å². The van der Waals surface area contributed by atoms with Crippen molar-refractivity contribution < 1.29 is 5.21 Å². The molecule has 0 spiro atoms. The van der Waals surface area contributed by atoms with Crippen molar-refractivity contribution in [3.63, 3.8) is 0 Å². The molecule has 0 aliphatic rings. The number of nitrogens with zero attached hydrogens (tertiary/aromatic N) is 1. The molecule has 0 aromatic carbocycles. The topological polar surface area (TPSA) is 23.5 Å². The molecular formula is C15H33NO. The van der Waals surface area contributed by atoms with Crippen LogP contribution in [-0.4, -0.2) is 23.4 Å². The van der Waals surface area contributed by atoms with E-state index in [4.69, 9.17) is 0 Å². The fourth-order valence-electron chi connectivity index (χ4n) is 2.07. The largest absolute Gasteiger partial charge is 0.314 e. The minimum Gasteiger partial charge on any atom is -0.314 e. The molecule has 0 radical (unpaired) electrons. The van der Waals surface area contributed by atoms with Crippen molar-refractivity contribution in [2.24, 2.45) is 5.92 Å². The Kier molecular flexibility index (Phi) is 12.3. The van der Waals surface area contributed by atoms with Crippen LogP contribution in [0.2, 0.25) is 0 Å². The SMILES string of the molecule is CCN(O)CCCCCCCCCCC(C)C. The molecule has 0 aliphatic heterocycles. The van der Waals surface area contributed by atoms with Gasteiger partial charge in [0.2, 0.25) is 0 Å². The van der Waals surface area contributed by atoms with Crippen LogP contribution < -0.4 is 0 Å². The molecular weight excluding hydrogens is 210 g/mol. The smallest absolute Gasteiger partial charge is 0.0238 e. The summed E-state index contributed by atoms with van der Waals surface area (Å²) in [4.78, 5) is 0. The Balaban J connectivity index is 2.99. The standard InChI is InChI=1S/C15H33NO/c1-4-16(17)14-12-10-8-6-5-7-9-11-13-15(2)3/h15,17H,4-14H2,1-3H3. The van der Waals surface area contributed by atoms with E-state index >= 15 is 0 Å². The quantitative estimate of drug-likeness (QED) is 0.391. The predicted molar refractivity (Wildman–Crippen MR) is 75.4 cm³/mol. The van der Waals surface area contributed by atoms with E-state index in [-0.39, 0.29) is 0 Å². The molecule has 0 heterocycles. The van der Waals surface area contributed by atoms with Gasteiger partial charge in [-0.2, -0.15) is 5.06 Å². The van der Waals surface area contributed by atoms with Gasteiger partial charge in [-0.25, -0.2) is 0 Å². The molecule has 0 aliphatic carbocycles. The van der Waals surface area contributed by atoms with Crippen LogP contribution in [0.1, 0.15) is 78.6 Å². The molecule has 0 aromatic heterocycles. The molecule has 0 bridgehead atoms. The van der Waals surface area contributed by atoms with Crippen LogP contribution in [0.3, 0.4) is 0 Å². The van der Waals surface area contributed by atoms with Gasteiger partial charge in [0.05, 0.1) is 0 Å². The first-order chi connectivity index (χ1) is 8.16. The lowest BCUT2D eigenvalue weighted by Gasteiger charge is -2.10. The van der Waals surface area contributed by atoms with E-state index in [0.717, 1.165) is 25.4 Å². The number of hydroxylamine groups is 2. The van der Waals surface area contributed by atoms with E-state index in [1.54, 1.807) is 0 Å². The van der Waals surface area contributed by atoms with E-state index in [9.17, 15) is 5.21 Å². The van der Waals surface area contributed by atoms with Crippen LogP contribution in [0.15, 0.2) is 0 Å². The molecule has 0 saturated heterocycles. The zero-order chi connectivity index (χ0) is 12.9. The molecule has 0 fully saturated rings. The third-order valence-corrected chi connectivity index (χ3v) is 3.31. The summed E-state index contributed by atoms with van der Waals surface area (Å²) in [5.74, 6) is 0.870. The van der Waals surface area contributed by atoms with Gasteiger partial charge < -0.3 is 5.21 Å². The van der Waals surface area contributed by atoms with Gasteiger partial charge in [0.15, 0.2) is 0 Å². The lowest BCUT2D eigenvalue weighted by Crippen LogP contribution is -2.19. The minimum absolute atomic E-state index is 0.746. The monoisotopic (exact) mass is 243 g/mol. The molecule has 17 heavy (non-hydrogen) atoms. The second kappa shape index (κ2) is 12.4. The normalized spacial score (nSPS) is 11.6. The highest BCUT2D eigenvalue weighted by atomic mass is 16.5. The van der Waals surface area contributed by atoms with Crippen LogP contribution >= 0.6 is 0 Å². The van der Waals surface area contributed by atoms with Gasteiger partial charge in [-0.15, -0.1) is 0 Å². The highest BCUT2D eigenvalue weighted by Crippen LogP contribution is 2.12. The summed E-state index contributed by atoms with van der Waals surface area (Å²) in [6.07, 6.45) is 12.1. The number of rotatable bonds is 12. The van der Waals surface area contributed by atoms with Crippen LogP contribution in [0.4, 0.5) is 0 Å². The molecule has 1 N–H and O–H groups in total. The first-order valence-electron chi connectivity index (χ1n) is 7.60. The summed E-state index contributed by atoms with van der Waals surface area (Å²) in [6, 6.07) is 0. The number of hydrogen-bond acceptors (Lipinski definition) is 2. The van der Waals surface area contributed by atoms with Gasteiger partial charge in [-0.1, -0.05) is 72.1 Å². The van der Waals surface area contributed by atoms with E-state index in [1.165, 1.54) is 56.4 Å². The summed E-state index contributed by atoms with van der Waals surface area (Å²) in [5.41, 5.74) is 0. The maximum Gasteiger partial charge on any atom is 0.0238 e. The fourth-order valence-corrected chi connectivity index (χ4v) is 2.07. The second-order valence-electron chi connectivity index (χ2n) is 5.56. The molecule has 0 atom stereocenters. The van der Waals surface area contributed by atoms with Crippen molar-refractivity contribution in [3.05, 3.63) is 0 Å². The second-order valence-corrected chi connectivity index (χ2v) is 5.56. The predicted octanol–water partition coefficient (Wildman–Crippen LogP) is 4.86. The van der Waals surface area contributed by atoms with Crippen LogP contribution in [0.5, 0.6) is 0 Å². The van der Waals surface area contributed by atoms with Crippen molar-refractivity contribution in [2.75, 3.05) is 13.1 Å². The van der Waals surface area contributed by atoms with Gasteiger partial charge in [0.1, 0.15) is 0 Å². The van der Waals surface area contributed by atoms with Gasteiger partial charge in [-0.3, -0.25) is 0 Å². The van der Waals surface area contributed by atoms with Gasteiger partial charge in [0, 0.05) is 13.1 Å². The average molecular weight is 243 g/mol. The van der Waals surface area contributed by atoms with Crippen molar-refractivity contribution in [2.45, 2.75) is 78.6 Å². The Morgan fingerprint density at radius 2 is 1.29 bits per heavy atom. The Morgan fingerprint density at radius 3 is 1.76 bits per heavy atom. The Labute approximate surface area is 108 Å². The summed E-state index contributed by atoms with van der Waals surface area (Å²) in [6.45, 7) is 8.18. The van der Waals surface area contributed by atoms with E-state index in [1.807, 2.05) is 6.92 Å². The summed E-state index contributed by atoms with van der Waals surface area (Å²) >= 11 is 0. The number of unbranched alkanes of at least 4 members (excludes halogenated alkanes) is 7. The highest BCUT2D eigenvalue weighted by Gasteiger charge is 1.97. The Bertz CT molecular complexity index is 148. The lowest BCUT2D eigenvalue weighted by atomic mass is 10.0. The molecule has 0 aromatic rings. The zero-order valence-corrected chi connectivity index (χ0v) is 12.2. The van der Waals surface area contributed by atoms with Crippen molar-refractivity contribution in [1.82, 2.24) is 5.06 Å². The van der Waals surface area contributed by atoms with Crippen molar-refractivity contribution >= 4 is 0 Å². The Morgan fingerprint density at radius 1 is 0.824 bits per heavy atom. The third-order valence-electron chi connectivity index (χ3n) is 3.31. The first-order valence-corrected chi connectivity index (χ1v) is 7.60. The highest BCUT2D eigenvalue weighted by molar-refractivity contribution is 4.50. The summed E-state index contributed by atoms with van der Waals surface area (Å²) in [7, 11) is 0. The van der Waals surface area contributed by atoms with E-state index < -0.39 is 0 Å². The fraction of sp³-hybridized carbons (Fsp3) is 1.00. The maximum atomic E-state index is 9.24. The summed E-state index contributed by atoms with van der Waals surface area (Å²) < 4.78 is 0.